The third kappa shape index (κ3) is 2.42. The van der Waals surface area contributed by atoms with Crippen molar-refractivity contribution in [1.82, 2.24) is 20.1 Å². The van der Waals surface area contributed by atoms with Gasteiger partial charge in [0, 0.05) is 23.3 Å². The maximum atomic E-state index is 13.9. The zero-order valence-electron chi connectivity index (χ0n) is 13.1. The van der Waals surface area contributed by atoms with E-state index >= 15 is 0 Å². The van der Waals surface area contributed by atoms with E-state index in [0.717, 1.165) is 25.7 Å². The van der Waals surface area contributed by atoms with Crippen molar-refractivity contribution in [2.24, 2.45) is 0 Å². The van der Waals surface area contributed by atoms with Crippen LogP contribution in [0.25, 0.3) is 11.3 Å². The Balaban J connectivity index is 1.63. The number of aryl methyl sites for hydroxylation is 1. The summed E-state index contributed by atoms with van der Waals surface area (Å²) in [6, 6.07) is 4.00. The molecule has 2 aromatic heterocycles. The zero-order chi connectivity index (χ0) is 16.0. The first-order chi connectivity index (χ1) is 11.1. The van der Waals surface area contributed by atoms with Crippen LogP contribution in [-0.4, -0.2) is 38.1 Å². The monoisotopic (exact) mass is 314 g/mol. The van der Waals surface area contributed by atoms with E-state index in [9.17, 15) is 9.18 Å². The lowest BCUT2D eigenvalue weighted by Crippen LogP contribution is -2.44. The van der Waals surface area contributed by atoms with E-state index in [0.29, 0.717) is 34.7 Å². The highest BCUT2D eigenvalue weighted by Gasteiger charge is 2.40. The van der Waals surface area contributed by atoms with Crippen molar-refractivity contribution in [2.75, 3.05) is 0 Å². The van der Waals surface area contributed by atoms with Gasteiger partial charge in [0.1, 0.15) is 5.69 Å². The van der Waals surface area contributed by atoms with Crippen LogP contribution in [0.2, 0.25) is 0 Å². The molecular weight excluding hydrogens is 295 g/mol. The lowest BCUT2D eigenvalue weighted by atomic mass is 10.0. The molecule has 4 heterocycles. The molecule has 2 aliphatic heterocycles. The van der Waals surface area contributed by atoms with Gasteiger partial charge in [-0.2, -0.15) is 5.10 Å². The van der Waals surface area contributed by atoms with Crippen molar-refractivity contribution in [3.05, 3.63) is 35.5 Å². The highest BCUT2D eigenvalue weighted by Crippen LogP contribution is 2.36. The Labute approximate surface area is 133 Å². The molecule has 2 aliphatic rings. The molecule has 2 atom stereocenters. The molecule has 2 aromatic rings. The predicted molar refractivity (Wildman–Crippen MR) is 83.3 cm³/mol. The minimum absolute atomic E-state index is 0.0119. The fourth-order valence-corrected chi connectivity index (χ4v) is 3.90. The number of piperidine rings is 1. The molecule has 0 saturated carbocycles. The molecule has 120 valence electrons. The second kappa shape index (κ2) is 5.44. The first-order valence-corrected chi connectivity index (χ1v) is 8.14. The summed E-state index contributed by atoms with van der Waals surface area (Å²) in [5.41, 5.74) is 1.97. The number of halogens is 1. The van der Waals surface area contributed by atoms with E-state index in [-0.39, 0.29) is 5.91 Å². The lowest BCUT2D eigenvalue weighted by molar-refractivity contribution is 0.0589. The van der Waals surface area contributed by atoms with Crippen LogP contribution in [0.5, 0.6) is 0 Å². The van der Waals surface area contributed by atoms with Crippen LogP contribution < -0.4 is 0 Å². The summed E-state index contributed by atoms with van der Waals surface area (Å²) < 4.78 is 13.9. The Morgan fingerprint density at radius 1 is 1.26 bits per heavy atom. The molecule has 0 spiro atoms. The molecule has 5 nitrogen and oxygen atoms in total. The lowest BCUT2D eigenvalue weighted by Gasteiger charge is -2.34. The molecule has 1 amide bonds. The number of rotatable bonds is 2. The smallest absolute Gasteiger partial charge is 0.272 e. The van der Waals surface area contributed by atoms with Crippen LogP contribution in [0, 0.1) is 12.7 Å². The van der Waals surface area contributed by atoms with Crippen molar-refractivity contribution < 1.29 is 9.18 Å². The fourth-order valence-electron chi connectivity index (χ4n) is 3.90. The first kappa shape index (κ1) is 14.4. The summed E-state index contributed by atoms with van der Waals surface area (Å²) in [7, 11) is 0. The van der Waals surface area contributed by atoms with Crippen LogP contribution >= 0.6 is 0 Å². The number of carbonyl (C=O) groups excluding carboxylic acids is 1. The van der Waals surface area contributed by atoms with Gasteiger partial charge in [-0.15, -0.1) is 0 Å². The first-order valence-electron chi connectivity index (χ1n) is 8.14. The van der Waals surface area contributed by atoms with Gasteiger partial charge in [-0.1, -0.05) is 0 Å². The van der Waals surface area contributed by atoms with E-state index < -0.39 is 5.82 Å². The van der Waals surface area contributed by atoms with E-state index in [1.165, 1.54) is 12.6 Å². The zero-order valence-corrected chi connectivity index (χ0v) is 13.1. The summed E-state index contributed by atoms with van der Waals surface area (Å²) in [5, 5.41) is 6.92. The number of aromatic nitrogens is 3. The Kier molecular flexibility index (Phi) is 3.39. The fraction of sp³-hybridized carbons (Fsp3) is 0.471. The van der Waals surface area contributed by atoms with E-state index in [2.05, 4.69) is 15.2 Å². The van der Waals surface area contributed by atoms with Crippen molar-refractivity contribution >= 4 is 5.91 Å². The molecule has 2 fully saturated rings. The molecule has 1 unspecified atom stereocenters. The minimum Gasteiger partial charge on any atom is -0.331 e. The quantitative estimate of drug-likeness (QED) is 0.926. The molecule has 23 heavy (non-hydrogen) atoms. The molecule has 0 radical (unpaired) electrons. The number of nitrogens with zero attached hydrogens (tertiary/aromatic N) is 3. The highest BCUT2D eigenvalue weighted by molar-refractivity contribution is 5.94. The number of hydrogen-bond donors (Lipinski definition) is 1. The Morgan fingerprint density at radius 3 is 2.74 bits per heavy atom. The van der Waals surface area contributed by atoms with E-state index in [1.54, 1.807) is 19.1 Å². The average Bonchev–Trinajstić information content (AvgIpc) is 3.12. The summed E-state index contributed by atoms with van der Waals surface area (Å²) in [4.78, 5) is 18.7. The topological polar surface area (TPSA) is 61.9 Å². The van der Waals surface area contributed by atoms with Gasteiger partial charge < -0.3 is 4.90 Å². The van der Waals surface area contributed by atoms with Crippen molar-refractivity contribution in [2.45, 2.75) is 51.1 Å². The van der Waals surface area contributed by atoms with Crippen molar-refractivity contribution in [3.63, 3.8) is 0 Å². The van der Waals surface area contributed by atoms with Gasteiger partial charge >= 0.3 is 0 Å². The van der Waals surface area contributed by atoms with E-state index in [1.807, 2.05) is 4.90 Å². The molecular formula is C17H19FN4O. The SMILES string of the molecule is Cc1cc(-c2cc(C(=O)N3C4CCC[C@H]3CC4)[nH]n2)c(F)cn1. The van der Waals surface area contributed by atoms with Crippen LogP contribution in [-0.2, 0) is 0 Å². The van der Waals surface area contributed by atoms with E-state index in [4.69, 9.17) is 0 Å². The average molecular weight is 314 g/mol. The molecule has 6 heteroatoms. The Morgan fingerprint density at radius 2 is 2.00 bits per heavy atom. The third-order valence-electron chi connectivity index (χ3n) is 5.01. The van der Waals surface area contributed by atoms with Gasteiger partial charge in [0.2, 0.25) is 0 Å². The highest BCUT2D eigenvalue weighted by atomic mass is 19.1. The van der Waals surface area contributed by atoms with Gasteiger partial charge in [-0.3, -0.25) is 14.9 Å². The number of amides is 1. The number of fused-ring (bicyclic) bond motifs is 2. The summed E-state index contributed by atoms with van der Waals surface area (Å²) in [6.45, 7) is 1.80. The maximum absolute atomic E-state index is 13.9. The van der Waals surface area contributed by atoms with Gasteiger partial charge in [0.25, 0.3) is 5.91 Å². The van der Waals surface area contributed by atoms with Crippen LogP contribution in [0.15, 0.2) is 18.3 Å². The number of aromatic amines is 1. The molecule has 1 N–H and O–H groups in total. The van der Waals surface area contributed by atoms with Crippen LogP contribution in [0.3, 0.4) is 0 Å². The molecule has 0 aromatic carbocycles. The second-order valence-electron chi connectivity index (χ2n) is 6.50. The Hall–Kier alpha value is -2.24. The number of nitrogens with one attached hydrogen (secondary N) is 1. The summed E-state index contributed by atoms with van der Waals surface area (Å²) in [6.07, 6.45) is 6.74. The molecule has 2 saturated heterocycles. The van der Waals surface area contributed by atoms with Crippen LogP contribution in [0.4, 0.5) is 4.39 Å². The second-order valence-corrected chi connectivity index (χ2v) is 6.50. The maximum Gasteiger partial charge on any atom is 0.272 e. The van der Waals surface area contributed by atoms with Crippen molar-refractivity contribution in [3.8, 4) is 11.3 Å². The number of H-pyrrole nitrogens is 1. The van der Waals surface area contributed by atoms with Crippen molar-refractivity contribution in [1.29, 1.82) is 0 Å². The van der Waals surface area contributed by atoms with Gasteiger partial charge in [-0.25, -0.2) is 4.39 Å². The van der Waals surface area contributed by atoms with Gasteiger partial charge in [0.05, 0.1) is 11.9 Å². The number of hydrogen-bond acceptors (Lipinski definition) is 3. The third-order valence-corrected chi connectivity index (χ3v) is 5.01. The normalized spacial score (nSPS) is 23.3. The Bertz CT molecular complexity index is 741. The number of pyridine rings is 1. The summed E-state index contributed by atoms with van der Waals surface area (Å²) in [5.74, 6) is -0.443. The predicted octanol–water partition coefficient (Wildman–Crippen LogP) is 3.08. The molecule has 4 rings (SSSR count). The van der Waals surface area contributed by atoms with Gasteiger partial charge in [-0.05, 0) is 51.2 Å². The minimum atomic E-state index is -0.431. The largest absolute Gasteiger partial charge is 0.331 e. The summed E-state index contributed by atoms with van der Waals surface area (Å²) >= 11 is 0. The van der Waals surface area contributed by atoms with Crippen LogP contribution in [0.1, 0.15) is 48.3 Å². The standard InChI is InChI=1S/C17H19FN4O/c1-10-7-13(14(18)9-19-10)15-8-16(21-20-15)17(23)22-11-3-2-4-12(22)6-5-11/h7-9,11-12H,2-6H2,1H3,(H,20,21)/t11-,12?/m0/s1. The number of carbonyl (C=O) groups is 1. The van der Waals surface area contributed by atoms with Gasteiger partial charge in [0.15, 0.2) is 5.82 Å². The molecule has 2 bridgehead atoms. The molecule has 0 aliphatic carbocycles.